The van der Waals surface area contributed by atoms with Crippen molar-refractivity contribution in [3.63, 3.8) is 0 Å². The van der Waals surface area contributed by atoms with Gasteiger partial charge in [0.25, 0.3) is 5.91 Å². The molecule has 4 saturated carbocycles. The third kappa shape index (κ3) is 24.0. The second-order valence-corrected chi connectivity index (χ2v) is 39.8. The van der Waals surface area contributed by atoms with Gasteiger partial charge in [0.1, 0.15) is 22.9 Å². The highest BCUT2D eigenvalue weighted by Crippen LogP contribution is 2.61. The highest BCUT2D eigenvalue weighted by Gasteiger charge is 2.52. The fourth-order valence-electron chi connectivity index (χ4n) is 19.2. The number of aromatic amines is 1. The highest BCUT2D eigenvalue weighted by molar-refractivity contribution is 7.90. The summed E-state index contributed by atoms with van der Waals surface area (Å²) in [7, 11) is -6.39. The number of piperazine rings is 1. The molecule has 0 unspecified atom stereocenters. The fourth-order valence-corrected chi connectivity index (χ4v) is 21.4. The molecule has 1 aromatic heterocycles. The predicted octanol–water partition coefficient (Wildman–Crippen LogP) is 18.4. The van der Waals surface area contributed by atoms with Crippen molar-refractivity contribution in [1.82, 2.24) is 30.0 Å². The van der Waals surface area contributed by atoms with E-state index in [-0.39, 0.29) is 60.8 Å². The molecule has 1 aliphatic heterocycles. The molecule has 4 bridgehead atoms. The van der Waals surface area contributed by atoms with Crippen LogP contribution < -0.4 is 39.2 Å². The zero-order chi connectivity index (χ0) is 89.7. The molecule has 7 aliphatic rings. The number of sulfonamides is 2. The molecule has 16 rings (SSSR count). The standard InChI is InChI=1S/C35H43ClN2O5S.C32H33Cl2N3O4.C32H35ClN2O5S/c1-22-12-28(13-23(2)33(22)36)43-10-5-8-30-29-7-4-3-6-27(29)17-31(30)34(40)37-9-11-44(41,42)38-32(39)21-35-18-24-14-25(19-35)16-26(15-24)20-35;1-20-16-25(17-21(2)29(20)34)41-15-5-8-27-26-10-9-23(33)19-28(26)35-30(27)31(38)37-13-11-36(12-14-37)24-7-4-6-22(18-24)32(39)40-3;1-21-10-12-24(13-11-21)19-30(36)35-41(38,39)16-14-34-32(37)29-20-25-7-4-5-8-27(25)28(29)9-6-15-40-26-17-22(2)31(33)23(3)18-26/h3-4,6-7,12-13,24-26H,5,8-11,14-21H2,1-2H3,(H,37,40)(H,38,39);4,6-7,9-10,16-19,35H,5,8,11-15H2,1-3H3;4-5,7-8,10-13,17-18H,6,9,14-16,19-20H2,1-3H3,(H,34,37)(H,35,36). The van der Waals surface area contributed by atoms with Gasteiger partial charge in [0.2, 0.25) is 43.7 Å². The van der Waals surface area contributed by atoms with Gasteiger partial charge < -0.3 is 44.4 Å². The maximum absolute atomic E-state index is 13.8. The van der Waals surface area contributed by atoms with Gasteiger partial charge >= 0.3 is 5.97 Å². The molecule has 126 heavy (non-hydrogen) atoms. The van der Waals surface area contributed by atoms with Gasteiger partial charge in [-0.1, -0.05) is 137 Å². The maximum Gasteiger partial charge on any atom is 0.337 e. The Kier molecular flexibility index (Phi) is 31.0. The third-order valence-electron chi connectivity index (χ3n) is 24.8. The van der Waals surface area contributed by atoms with Crippen molar-refractivity contribution in [2.24, 2.45) is 23.2 Å². The largest absolute Gasteiger partial charge is 0.494 e. The SMILES string of the molecule is COC(=O)c1cccc(N2CCN(C(=O)c3[nH]c4cc(Cl)ccc4c3CCCOc3cc(C)c(Cl)c(C)c3)CC2)c1.Cc1cc(OCCCC2=C(C(=O)NCCS(=O)(=O)NC(=O)CC34CC5CC(CC(C5)C3)C4)Cc3ccccc32)cc(C)c1Cl.Cc1ccc(CC(=O)NS(=O)(=O)CCNC(=O)C2=C(CCCOc3cc(C)c(Cl)c(C)c3)c3ccccc3C2)cc1. The number of nitrogens with zero attached hydrogens (tertiary/aromatic N) is 2. The van der Waals surface area contributed by atoms with Crippen molar-refractivity contribution in [2.45, 2.75) is 151 Å². The number of fused-ring (bicyclic) bond motifs is 3. The van der Waals surface area contributed by atoms with Crippen molar-refractivity contribution in [3.8, 4) is 17.2 Å². The third-order valence-corrected chi connectivity index (χ3v) is 29.3. The zero-order valence-electron chi connectivity index (χ0n) is 72.7. The molecule has 1 saturated heterocycles. The molecule has 27 heteroatoms. The molecule has 21 nitrogen and oxygen atoms in total. The molecule has 5 amide bonds. The Morgan fingerprint density at radius 2 is 0.960 bits per heavy atom. The van der Waals surface area contributed by atoms with Crippen LogP contribution in [0.2, 0.25) is 20.1 Å². The number of halogens is 4. The van der Waals surface area contributed by atoms with Gasteiger partial charge in [-0.05, 0) is 293 Å². The Morgan fingerprint density at radius 3 is 1.43 bits per heavy atom. The average Bonchev–Trinajstić information content (AvgIpc) is 1.06. The van der Waals surface area contributed by atoms with E-state index < -0.39 is 37.6 Å². The number of carbonyl (C=O) groups excluding carboxylic acids is 6. The lowest BCUT2D eigenvalue weighted by atomic mass is 9.49. The van der Waals surface area contributed by atoms with Gasteiger partial charge in [0.05, 0.1) is 50.4 Å². The lowest BCUT2D eigenvalue weighted by Crippen LogP contribution is -2.49. The predicted molar refractivity (Wildman–Crippen MR) is 499 cm³/mol. The number of hydrogen-bond acceptors (Lipinski definition) is 15. The number of amides is 5. The first kappa shape index (κ1) is 93.5. The smallest absolute Gasteiger partial charge is 0.337 e. The number of nitrogens with one attached hydrogen (secondary N) is 5. The van der Waals surface area contributed by atoms with Crippen LogP contribution in [0.15, 0.2) is 163 Å². The number of aromatic nitrogens is 1. The van der Waals surface area contributed by atoms with Crippen molar-refractivity contribution in [2.75, 3.05) is 82.6 Å². The van der Waals surface area contributed by atoms with Crippen LogP contribution in [0, 0.1) is 71.6 Å². The number of carbonyl (C=O) groups is 6. The molecule has 8 aromatic carbocycles. The number of hydrogen-bond donors (Lipinski definition) is 5. The molecule has 0 atom stereocenters. The fraction of sp³-hybridized carbons (Fsp3) is 0.394. The Bertz CT molecular complexity index is 5800. The zero-order valence-corrected chi connectivity index (χ0v) is 77.4. The molecule has 0 spiro atoms. The number of methoxy groups -OCH3 is 1. The first-order valence-corrected chi connectivity index (χ1v) is 48.1. The van der Waals surface area contributed by atoms with E-state index in [1.54, 1.807) is 18.2 Å². The van der Waals surface area contributed by atoms with Crippen LogP contribution in [0.5, 0.6) is 17.2 Å². The van der Waals surface area contributed by atoms with Crippen molar-refractivity contribution in [1.29, 1.82) is 0 Å². The summed E-state index contributed by atoms with van der Waals surface area (Å²) in [6.07, 6.45) is 12.3. The summed E-state index contributed by atoms with van der Waals surface area (Å²) in [6.45, 7) is 17.4. The quantitative estimate of drug-likeness (QED) is 0.0194. The normalized spacial score (nSPS) is 17.3. The van der Waals surface area contributed by atoms with Gasteiger partial charge in [0, 0.05) is 106 Å². The molecule has 6 aliphatic carbocycles. The van der Waals surface area contributed by atoms with Crippen LogP contribution >= 0.6 is 46.4 Å². The number of esters is 1. The van der Waals surface area contributed by atoms with Gasteiger partial charge in [-0.15, -0.1) is 0 Å². The van der Waals surface area contributed by atoms with Gasteiger partial charge in [-0.2, -0.15) is 0 Å². The van der Waals surface area contributed by atoms with Gasteiger partial charge in [0.15, 0.2) is 0 Å². The number of aryl methyl sites for hydroxylation is 8. The van der Waals surface area contributed by atoms with E-state index in [4.69, 9.17) is 65.4 Å². The van der Waals surface area contributed by atoms with E-state index in [9.17, 15) is 45.6 Å². The molecule has 5 N–H and O–H groups in total. The van der Waals surface area contributed by atoms with E-state index in [0.717, 1.165) is 158 Å². The summed E-state index contributed by atoms with van der Waals surface area (Å²) >= 11 is 25.1. The highest BCUT2D eigenvalue weighted by atomic mass is 35.5. The van der Waals surface area contributed by atoms with Crippen molar-refractivity contribution >= 4 is 130 Å². The van der Waals surface area contributed by atoms with E-state index in [1.165, 1.54) is 26.4 Å². The summed E-state index contributed by atoms with van der Waals surface area (Å²) in [5, 5.41) is 9.39. The van der Waals surface area contributed by atoms with Crippen molar-refractivity contribution < 1.29 is 64.6 Å². The number of anilines is 1. The van der Waals surface area contributed by atoms with E-state index in [1.807, 2.05) is 187 Å². The first-order chi connectivity index (χ1) is 60.3. The lowest BCUT2D eigenvalue weighted by Gasteiger charge is -2.56. The topological polar surface area (TPSA) is 278 Å². The second kappa shape index (κ2) is 41.7. The number of benzene rings is 8. The van der Waals surface area contributed by atoms with Crippen molar-refractivity contribution in [3.05, 3.63) is 266 Å². The molecular weight excluding hydrogens is 1720 g/mol. The summed E-state index contributed by atoms with van der Waals surface area (Å²) in [4.78, 5) is 84.8. The molecule has 0 radical (unpaired) electrons. The van der Waals surface area contributed by atoms with Crippen LogP contribution in [-0.4, -0.2) is 140 Å². The van der Waals surface area contributed by atoms with Crippen LogP contribution in [0.1, 0.15) is 170 Å². The lowest BCUT2D eigenvalue weighted by molar-refractivity contribution is -0.127. The summed E-state index contributed by atoms with van der Waals surface area (Å²) in [5.74, 6) is 1.71. The van der Waals surface area contributed by atoms with E-state index in [2.05, 4.69) is 30.0 Å². The van der Waals surface area contributed by atoms with E-state index >= 15 is 0 Å². The van der Waals surface area contributed by atoms with Crippen LogP contribution in [-0.2, 0) is 69.6 Å². The minimum Gasteiger partial charge on any atom is -0.494 e. The minimum atomic E-state index is -3.90. The molecule has 9 aromatic rings. The van der Waals surface area contributed by atoms with E-state index in [0.29, 0.717) is 136 Å². The number of H-pyrrole nitrogens is 1. The number of rotatable bonds is 32. The second-order valence-electron chi connectivity index (χ2n) is 34.5. The maximum atomic E-state index is 13.8. The Balaban J connectivity index is 0.000000162. The van der Waals surface area contributed by atoms with Crippen LogP contribution in [0.3, 0.4) is 0 Å². The summed E-state index contributed by atoms with van der Waals surface area (Å²) in [5.41, 5.74) is 18.9. The van der Waals surface area contributed by atoms with Gasteiger partial charge in [-0.25, -0.2) is 21.6 Å². The monoisotopic (exact) mass is 1830 g/mol. The molecule has 666 valence electrons. The minimum absolute atomic E-state index is 0.0271. The average molecular weight is 1830 g/mol. The molecule has 2 heterocycles. The Morgan fingerprint density at radius 1 is 0.508 bits per heavy atom. The number of ether oxygens (including phenoxy) is 4. The molecular formula is C99H111Cl4N7O14S2. The molecule has 5 fully saturated rings. The Hall–Kier alpha value is -10.1. The summed E-state index contributed by atoms with van der Waals surface area (Å²) < 4.78 is 77.8. The first-order valence-electron chi connectivity index (χ1n) is 43.3. The van der Waals surface area contributed by atoms with Gasteiger partial charge in [-0.3, -0.25) is 33.4 Å². The Labute approximate surface area is 759 Å². The summed E-state index contributed by atoms with van der Waals surface area (Å²) in [6, 6.07) is 47.8. The van der Waals surface area contributed by atoms with Crippen LogP contribution in [0.4, 0.5) is 5.69 Å². The number of allylic oxidation sites excluding steroid dienone is 2. The van der Waals surface area contributed by atoms with Crippen LogP contribution in [0.25, 0.3) is 22.0 Å².